The van der Waals surface area contributed by atoms with Crippen molar-refractivity contribution in [2.75, 3.05) is 31.6 Å². The normalized spacial score (nSPS) is 15.6. The van der Waals surface area contributed by atoms with Gasteiger partial charge in [-0.25, -0.2) is 9.59 Å². The molecule has 0 saturated carbocycles. The number of nitrogens with one attached hydrogen (secondary N) is 1. The molecule has 1 aliphatic heterocycles. The van der Waals surface area contributed by atoms with E-state index in [-0.39, 0.29) is 11.6 Å². The van der Waals surface area contributed by atoms with Crippen molar-refractivity contribution < 1.29 is 19.4 Å². The lowest BCUT2D eigenvalue weighted by atomic mass is 10.2. The molecular formula is C13H15BrN2O4. The number of urea groups is 1. The second-order valence-corrected chi connectivity index (χ2v) is 5.24. The average molecular weight is 343 g/mol. The lowest BCUT2D eigenvalue weighted by Crippen LogP contribution is -2.36. The number of hydrogen-bond acceptors (Lipinski definition) is 3. The highest BCUT2D eigenvalue weighted by molar-refractivity contribution is 9.10. The zero-order chi connectivity index (χ0) is 14.5. The average Bonchev–Trinajstić information content (AvgIpc) is 2.69. The summed E-state index contributed by atoms with van der Waals surface area (Å²) in [5.74, 6) is -1.05. The summed E-state index contributed by atoms with van der Waals surface area (Å²) in [7, 11) is 0. The molecule has 0 bridgehead atoms. The van der Waals surface area contributed by atoms with E-state index < -0.39 is 5.97 Å². The summed E-state index contributed by atoms with van der Waals surface area (Å²) >= 11 is 3.16. The number of carboxylic acids is 1. The number of anilines is 1. The van der Waals surface area contributed by atoms with Crippen LogP contribution in [0.1, 0.15) is 16.8 Å². The fourth-order valence-corrected chi connectivity index (χ4v) is 2.33. The van der Waals surface area contributed by atoms with Gasteiger partial charge in [-0.1, -0.05) is 0 Å². The van der Waals surface area contributed by atoms with Crippen LogP contribution in [0, 0.1) is 0 Å². The molecule has 0 atom stereocenters. The van der Waals surface area contributed by atoms with E-state index >= 15 is 0 Å². The van der Waals surface area contributed by atoms with Gasteiger partial charge >= 0.3 is 12.0 Å². The first-order valence-corrected chi connectivity index (χ1v) is 7.04. The first-order chi connectivity index (χ1) is 9.58. The number of nitrogens with zero attached hydrogens (tertiary/aromatic N) is 1. The second-order valence-electron chi connectivity index (χ2n) is 4.38. The zero-order valence-electron chi connectivity index (χ0n) is 10.8. The summed E-state index contributed by atoms with van der Waals surface area (Å²) in [5, 5.41) is 11.7. The number of aromatic carboxylic acids is 1. The van der Waals surface area contributed by atoms with E-state index in [0.29, 0.717) is 36.5 Å². The molecule has 1 fully saturated rings. The minimum absolute atomic E-state index is 0.113. The van der Waals surface area contributed by atoms with Crippen molar-refractivity contribution in [1.29, 1.82) is 0 Å². The number of ether oxygens (including phenoxy) is 1. The molecule has 0 aliphatic carbocycles. The van der Waals surface area contributed by atoms with E-state index in [1.807, 2.05) is 0 Å². The molecule has 2 N–H and O–H groups in total. The highest BCUT2D eigenvalue weighted by atomic mass is 79.9. The SMILES string of the molecule is O=C(O)c1cc(NC(=O)N2CCCOCC2)ccc1Br. The maximum Gasteiger partial charge on any atom is 0.336 e. The molecule has 0 spiro atoms. The van der Waals surface area contributed by atoms with E-state index in [1.54, 1.807) is 17.0 Å². The van der Waals surface area contributed by atoms with Gasteiger partial charge in [-0.15, -0.1) is 0 Å². The minimum atomic E-state index is -1.05. The Kier molecular flexibility index (Phi) is 4.97. The van der Waals surface area contributed by atoms with Crippen molar-refractivity contribution in [3.8, 4) is 0 Å². The molecule has 20 heavy (non-hydrogen) atoms. The predicted molar refractivity (Wildman–Crippen MR) is 77.1 cm³/mol. The van der Waals surface area contributed by atoms with Crippen LogP contribution in [0.2, 0.25) is 0 Å². The van der Waals surface area contributed by atoms with Crippen molar-refractivity contribution in [1.82, 2.24) is 4.90 Å². The molecule has 0 unspecified atom stereocenters. The Labute approximate surface area is 124 Å². The van der Waals surface area contributed by atoms with Crippen LogP contribution >= 0.6 is 15.9 Å². The number of carboxylic acid groups (broad SMARTS) is 1. The molecule has 6 nitrogen and oxygen atoms in total. The molecule has 1 aromatic rings. The molecule has 1 aromatic carbocycles. The van der Waals surface area contributed by atoms with E-state index in [9.17, 15) is 9.59 Å². The Morgan fingerprint density at radius 3 is 2.85 bits per heavy atom. The third-order valence-electron chi connectivity index (χ3n) is 2.96. The topological polar surface area (TPSA) is 78.9 Å². The smallest absolute Gasteiger partial charge is 0.336 e. The number of carbonyl (C=O) groups is 2. The summed E-state index contributed by atoms with van der Waals surface area (Å²) in [6.07, 6.45) is 0.800. The third kappa shape index (κ3) is 3.71. The second kappa shape index (κ2) is 6.71. The lowest BCUT2D eigenvalue weighted by Gasteiger charge is -2.20. The lowest BCUT2D eigenvalue weighted by molar-refractivity contribution is 0.0696. The van der Waals surface area contributed by atoms with E-state index in [0.717, 1.165) is 6.42 Å². The number of benzene rings is 1. The molecule has 2 rings (SSSR count). The fraction of sp³-hybridized carbons (Fsp3) is 0.385. The molecule has 7 heteroatoms. The Hall–Kier alpha value is -1.60. The van der Waals surface area contributed by atoms with Gasteiger partial charge in [-0.3, -0.25) is 0 Å². The highest BCUT2D eigenvalue weighted by Crippen LogP contribution is 2.21. The minimum Gasteiger partial charge on any atom is -0.478 e. The monoisotopic (exact) mass is 342 g/mol. The van der Waals surface area contributed by atoms with Gasteiger partial charge in [0.1, 0.15) is 0 Å². The van der Waals surface area contributed by atoms with Crippen molar-refractivity contribution in [3.63, 3.8) is 0 Å². The van der Waals surface area contributed by atoms with Crippen molar-refractivity contribution >= 4 is 33.6 Å². The number of hydrogen-bond donors (Lipinski definition) is 2. The Morgan fingerprint density at radius 2 is 2.10 bits per heavy atom. The van der Waals surface area contributed by atoms with E-state index in [4.69, 9.17) is 9.84 Å². The van der Waals surface area contributed by atoms with Crippen LogP contribution < -0.4 is 5.32 Å². The summed E-state index contributed by atoms with van der Waals surface area (Å²) in [4.78, 5) is 24.8. The van der Waals surface area contributed by atoms with Crippen molar-refractivity contribution in [2.24, 2.45) is 0 Å². The quantitative estimate of drug-likeness (QED) is 0.864. The molecule has 1 aliphatic rings. The largest absolute Gasteiger partial charge is 0.478 e. The zero-order valence-corrected chi connectivity index (χ0v) is 12.4. The Morgan fingerprint density at radius 1 is 1.30 bits per heavy atom. The van der Waals surface area contributed by atoms with Crippen molar-refractivity contribution in [3.05, 3.63) is 28.2 Å². The third-order valence-corrected chi connectivity index (χ3v) is 3.65. The van der Waals surface area contributed by atoms with Gasteiger partial charge in [-0.05, 0) is 40.5 Å². The van der Waals surface area contributed by atoms with Gasteiger partial charge in [0.25, 0.3) is 0 Å². The summed E-state index contributed by atoms with van der Waals surface area (Å²) in [5.41, 5.74) is 0.572. The molecule has 1 saturated heterocycles. The summed E-state index contributed by atoms with van der Waals surface area (Å²) in [6, 6.07) is 4.44. The van der Waals surface area contributed by atoms with E-state index in [2.05, 4.69) is 21.2 Å². The standard InChI is InChI=1S/C13H15BrN2O4/c14-11-3-2-9(8-10(11)12(17)18)15-13(19)16-4-1-6-20-7-5-16/h2-3,8H,1,4-7H2,(H,15,19)(H,17,18). The highest BCUT2D eigenvalue weighted by Gasteiger charge is 2.16. The van der Waals surface area contributed by atoms with Crippen molar-refractivity contribution in [2.45, 2.75) is 6.42 Å². The first kappa shape index (κ1) is 14.8. The summed E-state index contributed by atoms with van der Waals surface area (Å²) < 4.78 is 5.76. The van der Waals surface area contributed by atoms with Crippen LogP contribution in [0.25, 0.3) is 0 Å². The maximum absolute atomic E-state index is 12.1. The van der Waals surface area contributed by atoms with Crippen LogP contribution in [-0.2, 0) is 4.74 Å². The number of rotatable bonds is 2. The van der Waals surface area contributed by atoms with Crippen LogP contribution in [-0.4, -0.2) is 48.3 Å². The van der Waals surface area contributed by atoms with E-state index in [1.165, 1.54) is 6.07 Å². The fourth-order valence-electron chi connectivity index (χ4n) is 1.92. The van der Waals surface area contributed by atoms with Gasteiger partial charge in [0.15, 0.2) is 0 Å². The van der Waals surface area contributed by atoms with Gasteiger partial charge in [0.05, 0.1) is 12.2 Å². The predicted octanol–water partition coefficient (Wildman–Crippen LogP) is 2.40. The number of amides is 2. The molecule has 0 aromatic heterocycles. The Balaban J connectivity index is 2.07. The summed E-state index contributed by atoms with van der Waals surface area (Å²) in [6.45, 7) is 2.35. The van der Waals surface area contributed by atoms with Gasteiger partial charge in [0, 0.05) is 29.9 Å². The number of carbonyl (C=O) groups excluding carboxylic acids is 1. The molecule has 108 valence electrons. The molecular weight excluding hydrogens is 328 g/mol. The molecule has 1 heterocycles. The molecule has 0 radical (unpaired) electrons. The Bertz CT molecular complexity index is 513. The van der Waals surface area contributed by atoms with Gasteiger partial charge in [-0.2, -0.15) is 0 Å². The molecule has 2 amide bonds. The van der Waals surface area contributed by atoms with Gasteiger partial charge in [0.2, 0.25) is 0 Å². The van der Waals surface area contributed by atoms with Crippen LogP contribution in [0.15, 0.2) is 22.7 Å². The van der Waals surface area contributed by atoms with Crippen LogP contribution in [0.3, 0.4) is 0 Å². The van der Waals surface area contributed by atoms with Gasteiger partial charge < -0.3 is 20.1 Å². The van der Waals surface area contributed by atoms with Crippen LogP contribution in [0.4, 0.5) is 10.5 Å². The number of halogens is 1. The van der Waals surface area contributed by atoms with Crippen LogP contribution in [0.5, 0.6) is 0 Å². The first-order valence-electron chi connectivity index (χ1n) is 6.24. The maximum atomic E-state index is 12.1.